The Morgan fingerprint density at radius 2 is 0.792 bits per heavy atom. The van der Waals surface area contributed by atoms with Gasteiger partial charge in [-0.15, -0.1) is 0 Å². The van der Waals surface area contributed by atoms with Gasteiger partial charge in [-0.25, -0.2) is 0 Å². The largest absolute Gasteiger partial charge is 0.370 e. The molecule has 0 heterocycles. The fraction of sp³-hybridized carbons (Fsp3) is 0.952. The minimum Gasteiger partial charge on any atom is -0.370 e. The first-order chi connectivity index (χ1) is 11.8. The fourth-order valence-corrected chi connectivity index (χ4v) is 3.22. The Labute approximate surface area is 152 Å². The maximum atomic E-state index is 5.30. The van der Waals surface area contributed by atoms with E-state index in [4.69, 9.17) is 11.5 Å². The standard InChI is InChI=1S/C21H45N3/c1-2-3-4-5-6-7-8-9-10-11-12-13-14-15-16-17-18-19-20-24-21(22)23/h2-20H2,1H3,(H4,22,23,24). The summed E-state index contributed by atoms with van der Waals surface area (Å²) in [5.74, 6) is 0.224. The van der Waals surface area contributed by atoms with Crippen molar-refractivity contribution in [3.05, 3.63) is 0 Å². The molecule has 3 heteroatoms. The summed E-state index contributed by atoms with van der Waals surface area (Å²) in [5.41, 5.74) is 10.6. The lowest BCUT2D eigenvalue weighted by molar-refractivity contribution is 0.525. The van der Waals surface area contributed by atoms with E-state index >= 15 is 0 Å². The van der Waals surface area contributed by atoms with E-state index in [1.807, 2.05) is 0 Å². The molecule has 0 rings (SSSR count). The van der Waals surface area contributed by atoms with E-state index in [1.165, 1.54) is 109 Å². The average molecular weight is 340 g/mol. The third kappa shape index (κ3) is 21.3. The highest BCUT2D eigenvalue weighted by Crippen LogP contribution is 2.14. The van der Waals surface area contributed by atoms with Gasteiger partial charge in [0, 0.05) is 6.54 Å². The summed E-state index contributed by atoms with van der Waals surface area (Å²) >= 11 is 0. The molecule has 0 bridgehead atoms. The van der Waals surface area contributed by atoms with Gasteiger partial charge in [0.1, 0.15) is 0 Å². The first-order valence-electron chi connectivity index (χ1n) is 10.8. The first-order valence-corrected chi connectivity index (χ1v) is 10.8. The normalized spacial score (nSPS) is 10.9. The van der Waals surface area contributed by atoms with Gasteiger partial charge in [0.2, 0.25) is 0 Å². The summed E-state index contributed by atoms with van der Waals surface area (Å²) in [5, 5.41) is 0. The molecule has 0 saturated heterocycles. The molecule has 0 amide bonds. The zero-order valence-electron chi connectivity index (χ0n) is 16.5. The molecule has 0 aliphatic heterocycles. The Kier molecular flexibility index (Phi) is 19.7. The molecule has 0 radical (unpaired) electrons. The van der Waals surface area contributed by atoms with Crippen molar-refractivity contribution in [2.75, 3.05) is 6.54 Å². The minimum absolute atomic E-state index is 0.224. The molecule has 0 atom stereocenters. The van der Waals surface area contributed by atoms with E-state index in [0.717, 1.165) is 13.0 Å². The van der Waals surface area contributed by atoms with Crippen LogP contribution in [0.4, 0.5) is 0 Å². The zero-order chi connectivity index (χ0) is 17.7. The molecule has 0 aromatic heterocycles. The van der Waals surface area contributed by atoms with Crippen LogP contribution in [0.5, 0.6) is 0 Å². The topological polar surface area (TPSA) is 64.4 Å². The number of guanidine groups is 1. The number of nitrogens with two attached hydrogens (primary N) is 2. The molecule has 0 aromatic carbocycles. The number of nitrogens with zero attached hydrogens (tertiary/aromatic N) is 1. The van der Waals surface area contributed by atoms with Crippen molar-refractivity contribution in [2.24, 2.45) is 16.5 Å². The molecule has 0 aromatic rings. The summed E-state index contributed by atoms with van der Waals surface area (Å²) < 4.78 is 0. The lowest BCUT2D eigenvalue weighted by Gasteiger charge is -2.03. The molecule has 0 unspecified atom stereocenters. The predicted octanol–water partition coefficient (Wildman–Crippen LogP) is 6.30. The smallest absolute Gasteiger partial charge is 0.185 e. The van der Waals surface area contributed by atoms with E-state index in [1.54, 1.807) is 0 Å². The predicted molar refractivity (Wildman–Crippen MR) is 109 cm³/mol. The van der Waals surface area contributed by atoms with Gasteiger partial charge in [-0.1, -0.05) is 116 Å². The molecular formula is C21H45N3. The maximum absolute atomic E-state index is 5.30. The van der Waals surface area contributed by atoms with Gasteiger partial charge in [-0.05, 0) is 6.42 Å². The number of aliphatic imine (C=N–C) groups is 1. The molecule has 4 N–H and O–H groups in total. The highest BCUT2D eigenvalue weighted by Gasteiger charge is 1.95. The second-order valence-corrected chi connectivity index (χ2v) is 7.32. The van der Waals surface area contributed by atoms with Crippen molar-refractivity contribution >= 4 is 5.96 Å². The van der Waals surface area contributed by atoms with Crippen LogP contribution < -0.4 is 11.5 Å². The Morgan fingerprint density at radius 1 is 0.500 bits per heavy atom. The zero-order valence-corrected chi connectivity index (χ0v) is 16.5. The lowest BCUT2D eigenvalue weighted by Crippen LogP contribution is -2.22. The highest BCUT2D eigenvalue weighted by molar-refractivity contribution is 5.75. The van der Waals surface area contributed by atoms with Gasteiger partial charge in [0.05, 0.1) is 0 Å². The van der Waals surface area contributed by atoms with Gasteiger partial charge >= 0.3 is 0 Å². The van der Waals surface area contributed by atoms with Crippen molar-refractivity contribution in [2.45, 2.75) is 122 Å². The quantitative estimate of drug-likeness (QED) is 0.165. The second-order valence-electron chi connectivity index (χ2n) is 7.32. The van der Waals surface area contributed by atoms with E-state index in [0.29, 0.717) is 0 Å². The monoisotopic (exact) mass is 339 g/mol. The van der Waals surface area contributed by atoms with Crippen LogP contribution in [-0.2, 0) is 0 Å². The molecule has 0 fully saturated rings. The molecule has 0 saturated carbocycles. The number of unbranched alkanes of at least 4 members (excludes halogenated alkanes) is 17. The van der Waals surface area contributed by atoms with Crippen molar-refractivity contribution in [3.8, 4) is 0 Å². The molecule has 0 aliphatic carbocycles. The molecule has 0 spiro atoms. The van der Waals surface area contributed by atoms with Gasteiger partial charge in [0.25, 0.3) is 0 Å². The van der Waals surface area contributed by atoms with Gasteiger partial charge in [-0.2, -0.15) is 0 Å². The second kappa shape index (κ2) is 20.3. The van der Waals surface area contributed by atoms with Crippen molar-refractivity contribution < 1.29 is 0 Å². The Morgan fingerprint density at radius 3 is 1.08 bits per heavy atom. The van der Waals surface area contributed by atoms with E-state index in [2.05, 4.69) is 11.9 Å². The van der Waals surface area contributed by atoms with E-state index in [-0.39, 0.29) is 5.96 Å². The van der Waals surface area contributed by atoms with Crippen molar-refractivity contribution in [1.82, 2.24) is 0 Å². The number of hydrogen-bond donors (Lipinski definition) is 2. The Bertz CT molecular complexity index is 260. The maximum Gasteiger partial charge on any atom is 0.185 e. The third-order valence-electron chi connectivity index (χ3n) is 4.81. The summed E-state index contributed by atoms with van der Waals surface area (Å²) in [4.78, 5) is 4.01. The third-order valence-corrected chi connectivity index (χ3v) is 4.81. The van der Waals surface area contributed by atoms with Crippen LogP contribution in [0, 0.1) is 0 Å². The molecular weight excluding hydrogens is 294 g/mol. The van der Waals surface area contributed by atoms with Crippen LogP contribution in [0.15, 0.2) is 4.99 Å². The van der Waals surface area contributed by atoms with E-state index in [9.17, 15) is 0 Å². The van der Waals surface area contributed by atoms with Crippen LogP contribution in [0.3, 0.4) is 0 Å². The Balaban J connectivity index is 2.99. The molecule has 24 heavy (non-hydrogen) atoms. The van der Waals surface area contributed by atoms with Gasteiger partial charge in [0.15, 0.2) is 5.96 Å². The number of hydrogen-bond acceptors (Lipinski definition) is 1. The summed E-state index contributed by atoms with van der Waals surface area (Å²) in [6.07, 6.45) is 25.3. The Hall–Kier alpha value is -0.730. The van der Waals surface area contributed by atoms with Crippen LogP contribution in [-0.4, -0.2) is 12.5 Å². The lowest BCUT2D eigenvalue weighted by atomic mass is 10.0. The van der Waals surface area contributed by atoms with Crippen LogP contribution in [0.1, 0.15) is 122 Å². The van der Waals surface area contributed by atoms with Crippen LogP contribution in [0.2, 0.25) is 0 Å². The highest BCUT2D eigenvalue weighted by atomic mass is 15.0. The van der Waals surface area contributed by atoms with Crippen molar-refractivity contribution in [3.63, 3.8) is 0 Å². The molecule has 3 nitrogen and oxygen atoms in total. The SMILES string of the molecule is CCCCCCCCCCCCCCCCCCCCN=C(N)N. The fourth-order valence-electron chi connectivity index (χ4n) is 3.22. The van der Waals surface area contributed by atoms with Crippen LogP contribution in [0.25, 0.3) is 0 Å². The summed E-state index contributed by atoms with van der Waals surface area (Å²) in [6, 6.07) is 0. The van der Waals surface area contributed by atoms with Crippen molar-refractivity contribution in [1.29, 1.82) is 0 Å². The number of rotatable bonds is 19. The van der Waals surface area contributed by atoms with Gasteiger partial charge in [-0.3, -0.25) is 4.99 Å². The van der Waals surface area contributed by atoms with E-state index < -0.39 is 0 Å². The minimum atomic E-state index is 0.224. The first kappa shape index (κ1) is 23.3. The molecule has 144 valence electrons. The summed E-state index contributed by atoms with van der Waals surface area (Å²) in [7, 11) is 0. The van der Waals surface area contributed by atoms with Crippen LogP contribution >= 0.6 is 0 Å². The van der Waals surface area contributed by atoms with Gasteiger partial charge < -0.3 is 11.5 Å². The molecule has 0 aliphatic rings. The average Bonchev–Trinajstić information content (AvgIpc) is 2.56. The summed E-state index contributed by atoms with van der Waals surface area (Å²) in [6.45, 7) is 3.08.